The normalized spacial score (nSPS) is 24.6. The van der Waals surface area contributed by atoms with Crippen LogP contribution in [0.1, 0.15) is 24.2 Å². The molecule has 1 amide bonds. The van der Waals surface area contributed by atoms with Crippen molar-refractivity contribution in [1.82, 2.24) is 9.47 Å². The van der Waals surface area contributed by atoms with Gasteiger partial charge in [0.25, 0.3) is 5.91 Å². The van der Waals surface area contributed by atoms with Crippen molar-refractivity contribution in [2.45, 2.75) is 25.1 Å². The predicted octanol–water partition coefficient (Wildman–Crippen LogP) is 1.83. The number of nitrogens with zero attached hydrogens (tertiary/aromatic N) is 2. The van der Waals surface area contributed by atoms with E-state index in [9.17, 15) is 13.2 Å². The fourth-order valence-electron chi connectivity index (χ4n) is 3.10. The van der Waals surface area contributed by atoms with Gasteiger partial charge in [0.15, 0.2) is 9.84 Å². The number of hydrogen-bond acceptors (Lipinski definition) is 3. The van der Waals surface area contributed by atoms with Gasteiger partial charge in [-0.05, 0) is 32.0 Å². The molecule has 118 valence electrons. The monoisotopic (exact) mass is 320 g/mol. The first kappa shape index (κ1) is 15.1. The summed E-state index contributed by atoms with van der Waals surface area (Å²) in [5, 5.41) is 0.378. The Balaban J connectivity index is 2.00. The largest absolute Gasteiger partial charge is 0.351 e. The number of carbonyl (C=O) groups is 1. The molecule has 0 saturated carbocycles. The minimum Gasteiger partial charge on any atom is -0.351 e. The van der Waals surface area contributed by atoms with Crippen LogP contribution in [-0.4, -0.2) is 47.4 Å². The number of sulfone groups is 1. The van der Waals surface area contributed by atoms with Crippen LogP contribution in [0.5, 0.6) is 0 Å². The van der Waals surface area contributed by atoms with Crippen LogP contribution in [0.3, 0.4) is 0 Å². The lowest BCUT2D eigenvalue weighted by Crippen LogP contribution is -2.54. The van der Waals surface area contributed by atoms with Crippen molar-refractivity contribution in [2.75, 3.05) is 12.3 Å². The second-order valence-electron chi connectivity index (χ2n) is 5.98. The molecule has 0 spiro atoms. The van der Waals surface area contributed by atoms with Gasteiger partial charge in [-0.25, -0.2) is 8.42 Å². The van der Waals surface area contributed by atoms with Crippen molar-refractivity contribution in [1.29, 1.82) is 0 Å². The average molecular weight is 320 g/mol. The molecule has 0 radical (unpaired) electrons. The Morgan fingerprint density at radius 2 is 1.95 bits per heavy atom. The summed E-state index contributed by atoms with van der Waals surface area (Å²) in [6.45, 7) is 3.75. The number of hydrogen-bond donors (Lipinski definition) is 0. The van der Waals surface area contributed by atoms with Crippen molar-refractivity contribution in [2.24, 2.45) is 7.05 Å². The van der Waals surface area contributed by atoms with E-state index < -0.39 is 15.1 Å². The van der Waals surface area contributed by atoms with Crippen LogP contribution in [0.15, 0.2) is 30.5 Å². The second-order valence-corrected chi connectivity index (χ2v) is 8.45. The van der Waals surface area contributed by atoms with E-state index in [-0.39, 0.29) is 24.2 Å². The molecule has 0 bridgehead atoms. The maximum absolute atomic E-state index is 12.9. The van der Waals surface area contributed by atoms with E-state index in [0.717, 1.165) is 10.9 Å². The van der Waals surface area contributed by atoms with Gasteiger partial charge in [0.2, 0.25) is 0 Å². The molecular weight excluding hydrogens is 300 g/mol. The van der Waals surface area contributed by atoms with Crippen LogP contribution >= 0.6 is 0 Å². The maximum Gasteiger partial charge on any atom is 0.254 e. The smallest absolute Gasteiger partial charge is 0.254 e. The fraction of sp³-hybridized carbons (Fsp3) is 0.438. The molecule has 5 nitrogen and oxygen atoms in total. The number of amides is 1. The Kier molecular flexibility index (Phi) is 3.51. The van der Waals surface area contributed by atoms with Gasteiger partial charge < -0.3 is 9.47 Å². The van der Waals surface area contributed by atoms with Crippen LogP contribution in [0.25, 0.3) is 10.9 Å². The van der Waals surface area contributed by atoms with Crippen molar-refractivity contribution >= 4 is 26.6 Å². The topological polar surface area (TPSA) is 59.4 Å². The van der Waals surface area contributed by atoms with Crippen LogP contribution in [0.4, 0.5) is 0 Å². The molecule has 0 aliphatic carbocycles. The number of benzene rings is 1. The zero-order valence-corrected chi connectivity index (χ0v) is 13.8. The lowest BCUT2D eigenvalue weighted by molar-refractivity contribution is 0.0695. The van der Waals surface area contributed by atoms with E-state index in [0.29, 0.717) is 5.56 Å². The van der Waals surface area contributed by atoms with E-state index in [4.69, 9.17) is 0 Å². The Labute approximate surface area is 130 Å². The number of rotatable bonds is 1. The van der Waals surface area contributed by atoms with Gasteiger partial charge in [-0.15, -0.1) is 0 Å². The van der Waals surface area contributed by atoms with Crippen molar-refractivity contribution in [3.8, 4) is 0 Å². The summed E-state index contributed by atoms with van der Waals surface area (Å²) in [4.78, 5) is 14.6. The summed E-state index contributed by atoms with van der Waals surface area (Å²) in [5.41, 5.74) is 1.63. The highest BCUT2D eigenvalue weighted by molar-refractivity contribution is 7.92. The standard InChI is InChI=1S/C16H20N2O3S/c1-11-12(2)22(20,21)10-9-18(11)16(19)14-5-4-6-15-13(14)7-8-17(15)3/h4-8,11-12H,9-10H2,1-3H3/t11-,12+/m1/s1. The molecule has 2 heterocycles. The van der Waals surface area contributed by atoms with Gasteiger partial charge in [-0.1, -0.05) is 6.07 Å². The molecule has 1 aliphatic heterocycles. The molecule has 1 aliphatic rings. The summed E-state index contributed by atoms with van der Waals surface area (Å²) >= 11 is 0. The number of aromatic nitrogens is 1. The summed E-state index contributed by atoms with van der Waals surface area (Å²) in [7, 11) is -1.16. The zero-order valence-electron chi connectivity index (χ0n) is 13.0. The lowest BCUT2D eigenvalue weighted by atomic mass is 10.1. The Hall–Kier alpha value is -1.82. The lowest BCUT2D eigenvalue weighted by Gasteiger charge is -2.37. The Bertz CT molecular complexity index is 838. The summed E-state index contributed by atoms with van der Waals surface area (Å²) in [6.07, 6.45) is 1.92. The van der Waals surface area contributed by atoms with E-state index in [1.807, 2.05) is 49.0 Å². The minimum absolute atomic E-state index is 0.0367. The molecule has 1 saturated heterocycles. The van der Waals surface area contributed by atoms with E-state index >= 15 is 0 Å². The van der Waals surface area contributed by atoms with Gasteiger partial charge >= 0.3 is 0 Å². The first-order chi connectivity index (χ1) is 10.3. The summed E-state index contributed by atoms with van der Waals surface area (Å²) in [6, 6.07) is 7.26. The van der Waals surface area contributed by atoms with E-state index in [2.05, 4.69) is 0 Å². The van der Waals surface area contributed by atoms with Crippen LogP contribution < -0.4 is 0 Å². The second kappa shape index (κ2) is 5.12. The maximum atomic E-state index is 12.9. The highest BCUT2D eigenvalue weighted by atomic mass is 32.2. The molecule has 6 heteroatoms. The first-order valence-electron chi connectivity index (χ1n) is 7.39. The van der Waals surface area contributed by atoms with Crippen LogP contribution in [0.2, 0.25) is 0 Å². The summed E-state index contributed by atoms with van der Waals surface area (Å²) in [5.74, 6) is -0.0549. The van der Waals surface area contributed by atoms with Crippen molar-refractivity contribution in [3.05, 3.63) is 36.0 Å². The van der Waals surface area contributed by atoms with E-state index in [1.165, 1.54) is 0 Å². The molecule has 3 rings (SSSR count). The molecule has 1 aromatic heterocycles. The Morgan fingerprint density at radius 1 is 1.23 bits per heavy atom. The van der Waals surface area contributed by atoms with Crippen molar-refractivity contribution < 1.29 is 13.2 Å². The van der Waals surface area contributed by atoms with Gasteiger partial charge in [-0.3, -0.25) is 4.79 Å². The van der Waals surface area contributed by atoms with E-state index in [1.54, 1.807) is 11.8 Å². The van der Waals surface area contributed by atoms with Gasteiger partial charge in [0.1, 0.15) is 0 Å². The number of aryl methyl sites for hydroxylation is 1. The minimum atomic E-state index is -3.10. The molecule has 2 atom stereocenters. The van der Waals surface area contributed by atoms with Gasteiger partial charge in [-0.2, -0.15) is 0 Å². The van der Waals surface area contributed by atoms with Gasteiger partial charge in [0.05, 0.1) is 11.0 Å². The van der Waals surface area contributed by atoms with Crippen molar-refractivity contribution in [3.63, 3.8) is 0 Å². The third kappa shape index (κ3) is 2.22. The van der Waals surface area contributed by atoms with Crippen LogP contribution in [-0.2, 0) is 16.9 Å². The molecule has 22 heavy (non-hydrogen) atoms. The van der Waals surface area contributed by atoms with Crippen LogP contribution in [0, 0.1) is 0 Å². The molecule has 1 aromatic carbocycles. The SMILES string of the molecule is C[C@@H]1[C@H](C)S(=O)(=O)CCN1C(=O)c1cccc2c1ccn2C. The third-order valence-corrected chi connectivity index (χ3v) is 7.05. The van der Waals surface area contributed by atoms with Gasteiger partial charge in [0, 0.05) is 42.3 Å². The highest BCUT2D eigenvalue weighted by Crippen LogP contribution is 2.25. The predicted molar refractivity (Wildman–Crippen MR) is 86.7 cm³/mol. The molecule has 1 fully saturated rings. The molecule has 2 aromatic rings. The Morgan fingerprint density at radius 3 is 2.68 bits per heavy atom. The quantitative estimate of drug-likeness (QED) is 0.805. The molecular formula is C16H20N2O3S. The summed E-state index contributed by atoms with van der Waals surface area (Å²) < 4.78 is 25.9. The zero-order chi connectivity index (χ0) is 16.1. The highest BCUT2D eigenvalue weighted by Gasteiger charge is 2.38. The third-order valence-electron chi connectivity index (χ3n) is 4.77. The molecule has 0 N–H and O–H groups in total. The first-order valence-corrected chi connectivity index (χ1v) is 9.11. The fourth-order valence-corrected chi connectivity index (χ4v) is 4.67. The number of carbonyl (C=O) groups excluding carboxylic acids is 1. The average Bonchev–Trinajstić information content (AvgIpc) is 2.86. The molecule has 0 unspecified atom stereocenters. The number of fused-ring (bicyclic) bond motifs is 1.